The van der Waals surface area contributed by atoms with E-state index in [0.29, 0.717) is 12.3 Å². The molecule has 2 heterocycles. The van der Waals surface area contributed by atoms with Crippen molar-refractivity contribution in [1.29, 1.82) is 0 Å². The van der Waals surface area contributed by atoms with Crippen LogP contribution in [-0.2, 0) is 4.79 Å². The topological polar surface area (TPSA) is 47.4 Å². The Balaban J connectivity index is 0.00000193. The van der Waals surface area contributed by atoms with Crippen LogP contribution in [0.2, 0.25) is 0 Å². The highest BCUT2D eigenvalue weighted by molar-refractivity contribution is 5.98. The molecule has 0 aliphatic carbocycles. The zero-order valence-electron chi connectivity index (χ0n) is 18.8. The number of hydrogen-bond donors (Lipinski definition) is 0. The molecule has 1 fully saturated rings. The average Bonchev–Trinajstić information content (AvgIpc) is 3.21. The molecule has 0 radical (unpaired) electrons. The van der Waals surface area contributed by atoms with Gasteiger partial charge in [-0.1, -0.05) is 18.2 Å². The first-order chi connectivity index (χ1) is 15.0. The van der Waals surface area contributed by atoms with E-state index in [9.17, 15) is 9.18 Å². The van der Waals surface area contributed by atoms with Gasteiger partial charge in [-0.2, -0.15) is 0 Å². The van der Waals surface area contributed by atoms with Gasteiger partial charge in [-0.25, -0.2) is 9.37 Å². The van der Waals surface area contributed by atoms with Crippen LogP contribution in [0.3, 0.4) is 0 Å². The minimum absolute atomic E-state index is 0. The molecule has 4 rings (SSSR count). The van der Waals surface area contributed by atoms with Gasteiger partial charge in [-0.3, -0.25) is 4.79 Å². The number of imidazole rings is 1. The van der Waals surface area contributed by atoms with Gasteiger partial charge in [0.2, 0.25) is 5.91 Å². The van der Waals surface area contributed by atoms with Crippen molar-refractivity contribution in [3.05, 3.63) is 83.2 Å². The number of benzene rings is 2. The van der Waals surface area contributed by atoms with E-state index in [-0.39, 0.29) is 42.6 Å². The Hall–Kier alpha value is -2.83. The minimum atomic E-state index is -0.273. The van der Waals surface area contributed by atoms with Crippen molar-refractivity contribution in [2.75, 3.05) is 13.7 Å². The summed E-state index contributed by atoms with van der Waals surface area (Å²) < 4.78 is 20.8. The number of nitrogens with zero attached hydrogens (tertiary/aromatic N) is 3. The molecule has 1 aliphatic rings. The zero-order valence-corrected chi connectivity index (χ0v) is 20.5. The summed E-state index contributed by atoms with van der Waals surface area (Å²) in [6, 6.07) is 12.1. The fourth-order valence-electron chi connectivity index (χ4n) is 4.01. The largest absolute Gasteiger partial charge is 0.495 e. The molecule has 33 heavy (non-hydrogen) atoms. The Morgan fingerprint density at radius 1 is 1.15 bits per heavy atom. The third-order valence-corrected chi connectivity index (χ3v) is 5.74. The van der Waals surface area contributed by atoms with Crippen molar-refractivity contribution in [3.63, 3.8) is 0 Å². The first-order valence-corrected chi connectivity index (χ1v) is 10.4. The molecule has 8 heteroatoms. The van der Waals surface area contributed by atoms with Gasteiger partial charge < -0.3 is 14.2 Å². The van der Waals surface area contributed by atoms with Crippen LogP contribution in [0.15, 0.2) is 60.6 Å². The number of carbonyl (C=O) groups is 1. The second-order valence-corrected chi connectivity index (χ2v) is 7.85. The standard InChI is InChI=1S/C25H26FN3O2.2ClH/c1-17-15-28(16-27-17)23-11-6-19(14-24(23)31-3)13-21-5-4-12-29(25(21)30)18(2)20-7-9-22(26)10-8-20;;/h6-11,13-16,18H,4-5,12H2,1-3H3;2*1H/b21-13+;;/t18-;;/m0../s1. The van der Waals surface area contributed by atoms with E-state index >= 15 is 0 Å². The summed E-state index contributed by atoms with van der Waals surface area (Å²) >= 11 is 0. The molecule has 3 aromatic rings. The summed E-state index contributed by atoms with van der Waals surface area (Å²) in [7, 11) is 1.64. The number of ether oxygens (including phenoxy) is 1. The van der Waals surface area contributed by atoms with Gasteiger partial charge >= 0.3 is 0 Å². The number of likely N-dealkylation sites (tertiary alicyclic amines) is 1. The fraction of sp³-hybridized carbons (Fsp3) is 0.280. The molecule has 1 atom stereocenters. The predicted octanol–water partition coefficient (Wildman–Crippen LogP) is 5.94. The molecule has 176 valence electrons. The van der Waals surface area contributed by atoms with E-state index in [2.05, 4.69) is 4.98 Å². The van der Waals surface area contributed by atoms with Gasteiger partial charge in [0.05, 0.1) is 30.9 Å². The highest BCUT2D eigenvalue weighted by Gasteiger charge is 2.28. The van der Waals surface area contributed by atoms with Gasteiger partial charge in [0, 0.05) is 18.3 Å². The minimum Gasteiger partial charge on any atom is -0.495 e. The Kier molecular flexibility index (Phi) is 9.08. The van der Waals surface area contributed by atoms with Crippen molar-refractivity contribution in [2.24, 2.45) is 0 Å². The number of rotatable bonds is 5. The predicted molar refractivity (Wildman–Crippen MR) is 133 cm³/mol. The van der Waals surface area contributed by atoms with Crippen molar-refractivity contribution in [2.45, 2.75) is 32.7 Å². The van der Waals surface area contributed by atoms with Gasteiger partial charge in [0.25, 0.3) is 0 Å². The van der Waals surface area contributed by atoms with Crippen molar-refractivity contribution >= 4 is 36.8 Å². The van der Waals surface area contributed by atoms with Gasteiger partial charge in [-0.05, 0) is 68.2 Å². The van der Waals surface area contributed by atoms with E-state index in [0.717, 1.165) is 40.9 Å². The maximum absolute atomic E-state index is 13.3. The summed E-state index contributed by atoms with van der Waals surface area (Å²) in [5.41, 5.74) is 4.44. The molecule has 5 nitrogen and oxygen atoms in total. The van der Waals surface area contributed by atoms with E-state index in [1.165, 1.54) is 12.1 Å². The van der Waals surface area contributed by atoms with Gasteiger partial charge in [0.15, 0.2) is 0 Å². The normalized spacial score (nSPS) is 15.6. The lowest BCUT2D eigenvalue weighted by molar-refractivity contribution is -0.130. The number of amides is 1. The van der Waals surface area contributed by atoms with E-state index < -0.39 is 0 Å². The third-order valence-electron chi connectivity index (χ3n) is 5.74. The van der Waals surface area contributed by atoms with Crippen molar-refractivity contribution in [3.8, 4) is 11.4 Å². The molecular formula is C25H28Cl2FN3O2. The van der Waals surface area contributed by atoms with Crippen LogP contribution >= 0.6 is 24.8 Å². The SMILES string of the molecule is COc1cc(/C=C2\CCCN([C@@H](C)c3ccc(F)cc3)C2=O)ccc1-n1cnc(C)c1.Cl.Cl. The van der Waals surface area contributed by atoms with E-state index in [1.807, 2.05) is 53.8 Å². The molecule has 0 N–H and O–H groups in total. The Labute approximate surface area is 206 Å². The summed E-state index contributed by atoms with van der Waals surface area (Å²) in [6.07, 6.45) is 7.26. The number of aromatic nitrogens is 2. The third kappa shape index (κ3) is 5.75. The number of hydrogen-bond acceptors (Lipinski definition) is 3. The van der Waals surface area contributed by atoms with E-state index in [4.69, 9.17) is 4.74 Å². The number of halogens is 3. The summed E-state index contributed by atoms with van der Waals surface area (Å²) in [4.78, 5) is 19.3. The molecule has 2 aromatic carbocycles. The molecule has 1 aliphatic heterocycles. The van der Waals surface area contributed by atoms with Crippen LogP contribution in [0, 0.1) is 12.7 Å². The monoisotopic (exact) mass is 491 g/mol. The maximum atomic E-state index is 13.3. The summed E-state index contributed by atoms with van der Waals surface area (Å²) in [5, 5.41) is 0. The van der Waals surface area contributed by atoms with Crippen LogP contribution in [0.4, 0.5) is 4.39 Å². The second-order valence-electron chi connectivity index (χ2n) is 7.85. The number of methoxy groups -OCH3 is 1. The van der Waals surface area contributed by atoms with Crippen molar-refractivity contribution < 1.29 is 13.9 Å². The number of carbonyl (C=O) groups excluding carboxylic acids is 1. The molecular weight excluding hydrogens is 464 g/mol. The number of piperidine rings is 1. The van der Waals surface area contributed by atoms with Crippen molar-refractivity contribution in [1.82, 2.24) is 14.5 Å². The van der Waals surface area contributed by atoms with Crippen LogP contribution in [0.25, 0.3) is 11.8 Å². The molecule has 1 saturated heterocycles. The number of aryl methyl sites for hydroxylation is 1. The van der Waals surface area contributed by atoms with Crippen LogP contribution in [0.1, 0.15) is 42.6 Å². The summed E-state index contributed by atoms with van der Waals surface area (Å²) in [6.45, 7) is 4.62. The summed E-state index contributed by atoms with van der Waals surface area (Å²) in [5.74, 6) is 0.465. The molecule has 0 saturated carbocycles. The Morgan fingerprint density at radius 3 is 2.52 bits per heavy atom. The smallest absolute Gasteiger partial charge is 0.250 e. The second kappa shape index (κ2) is 11.3. The molecule has 0 spiro atoms. The molecule has 1 aromatic heterocycles. The average molecular weight is 492 g/mol. The van der Waals surface area contributed by atoms with E-state index in [1.54, 1.807) is 25.6 Å². The van der Waals surface area contributed by atoms with Crippen LogP contribution in [0.5, 0.6) is 5.75 Å². The quantitative estimate of drug-likeness (QED) is 0.415. The lowest BCUT2D eigenvalue weighted by Gasteiger charge is -2.34. The first kappa shape index (κ1) is 26.4. The zero-order chi connectivity index (χ0) is 22.0. The van der Waals surface area contributed by atoms with Crippen LogP contribution in [-0.4, -0.2) is 34.0 Å². The van der Waals surface area contributed by atoms with Gasteiger partial charge in [-0.15, -0.1) is 24.8 Å². The molecule has 0 bridgehead atoms. The highest BCUT2D eigenvalue weighted by atomic mass is 35.5. The first-order valence-electron chi connectivity index (χ1n) is 10.4. The Morgan fingerprint density at radius 2 is 1.88 bits per heavy atom. The maximum Gasteiger partial charge on any atom is 0.250 e. The lowest BCUT2D eigenvalue weighted by atomic mass is 9.97. The molecule has 0 unspecified atom stereocenters. The lowest BCUT2D eigenvalue weighted by Crippen LogP contribution is -2.38. The highest BCUT2D eigenvalue weighted by Crippen LogP contribution is 2.30. The fourth-order valence-corrected chi connectivity index (χ4v) is 4.01. The Bertz CT molecular complexity index is 1130. The van der Waals surface area contributed by atoms with Crippen LogP contribution < -0.4 is 4.74 Å². The van der Waals surface area contributed by atoms with Gasteiger partial charge in [0.1, 0.15) is 11.6 Å². The molecule has 1 amide bonds.